The molecule has 0 aliphatic heterocycles. The summed E-state index contributed by atoms with van der Waals surface area (Å²) in [6.07, 6.45) is 0.109. The average molecular weight is 458 g/mol. The number of nitrogens with zero attached hydrogens (tertiary/aromatic N) is 2. The fourth-order valence-corrected chi connectivity index (χ4v) is 3.08. The van der Waals surface area contributed by atoms with Gasteiger partial charge in [0.05, 0.1) is 17.0 Å². The molecule has 1 amide bonds. The number of nitrogens with one attached hydrogen (secondary N) is 1. The summed E-state index contributed by atoms with van der Waals surface area (Å²) < 4.78 is 2.42. The summed E-state index contributed by atoms with van der Waals surface area (Å²) in [6.45, 7) is 0. The van der Waals surface area contributed by atoms with Gasteiger partial charge in [0.25, 0.3) is 11.6 Å². The van der Waals surface area contributed by atoms with Crippen LogP contribution in [0.2, 0.25) is 0 Å². The smallest absolute Gasteiger partial charge is 0.303 e. The minimum atomic E-state index is -0.951. The number of nitro groups is 1. The third-order valence-corrected chi connectivity index (χ3v) is 4.76. The Morgan fingerprint density at radius 1 is 1.10 bits per heavy atom. The molecule has 0 aliphatic rings. The molecule has 0 radical (unpaired) electrons. The molecule has 2 N–H and O–H groups in total. The maximum atomic E-state index is 12.7. The molecule has 0 aliphatic carbocycles. The van der Waals surface area contributed by atoms with Gasteiger partial charge in [0.1, 0.15) is 0 Å². The molecule has 0 fully saturated rings. The van der Waals surface area contributed by atoms with Gasteiger partial charge in [-0.15, -0.1) is 0 Å². The number of benzene rings is 2. The predicted molar refractivity (Wildman–Crippen MR) is 110 cm³/mol. The largest absolute Gasteiger partial charge is 0.481 e. The minimum absolute atomic E-state index is 0.101. The Balaban J connectivity index is 1.96. The molecule has 0 unspecified atom stereocenters. The van der Waals surface area contributed by atoms with Gasteiger partial charge in [0.15, 0.2) is 0 Å². The van der Waals surface area contributed by atoms with E-state index in [0.717, 1.165) is 10.0 Å². The van der Waals surface area contributed by atoms with Crippen LogP contribution in [0.3, 0.4) is 0 Å². The number of non-ortho nitro benzene ring substituents is 1. The Morgan fingerprint density at radius 3 is 2.48 bits per heavy atom. The van der Waals surface area contributed by atoms with Gasteiger partial charge in [-0.2, -0.15) is 0 Å². The van der Waals surface area contributed by atoms with E-state index in [-0.39, 0.29) is 24.1 Å². The lowest BCUT2D eigenvalue weighted by atomic mass is 10.1. The Morgan fingerprint density at radius 2 is 1.83 bits per heavy atom. The van der Waals surface area contributed by atoms with Gasteiger partial charge in [-0.25, -0.2) is 0 Å². The van der Waals surface area contributed by atoms with Gasteiger partial charge < -0.3 is 5.11 Å². The summed E-state index contributed by atoms with van der Waals surface area (Å²) in [6, 6.07) is 16.4. The number of aryl methyl sites for hydroxylation is 1. The predicted octanol–water partition coefficient (Wildman–Crippen LogP) is 4.23. The van der Waals surface area contributed by atoms with Crippen molar-refractivity contribution in [1.29, 1.82) is 0 Å². The van der Waals surface area contributed by atoms with Crippen LogP contribution in [0, 0.1) is 10.1 Å². The summed E-state index contributed by atoms with van der Waals surface area (Å²) in [5, 5.41) is 20.0. The van der Waals surface area contributed by atoms with Crippen molar-refractivity contribution in [2.75, 3.05) is 5.43 Å². The Bertz CT molecular complexity index is 1080. The van der Waals surface area contributed by atoms with Crippen LogP contribution in [0.4, 0.5) is 5.69 Å². The topological polar surface area (TPSA) is 114 Å². The lowest BCUT2D eigenvalue weighted by Gasteiger charge is -2.15. The van der Waals surface area contributed by atoms with Crippen molar-refractivity contribution in [2.24, 2.45) is 0 Å². The molecule has 3 rings (SSSR count). The molecule has 9 heteroatoms. The fraction of sp³-hybridized carbons (Fsp3) is 0.100. The van der Waals surface area contributed by atoms with Crippen molar-refractivity contribution in [2.45, 2.75) is 12.8 Å². The number of nitro benzene ring substituents is 1. The highest BCUT2D eigenvalue weighted by Gasteiger charge is 2.16. The Labute approximate surface area is 174 Å². The van der Waals surface area contributed by atoms with Crippen LogP contribution in [-0.4, -0.2) is 26.6 Å². The number of aromatic nitrogens is 1. The van der Waals surface area contributed by atoms with E-state index in [1.54, 1.807) is 12.1 Å². The molecule has 1 heterocycles. The summed E-state index contributed by atoms with van der Waals surface area (Å²) >= 11 is 3.37. The summed E-state index contributed by atoms with van der Waals surface area (Å²) in [4.78, 5) is 34.1. The van der Waals surface area contributed by atoms with Crippen LogP contribution in [-0.2, 0) is 11.2 Å². The number of carbonyl (C=O) groups excluding carboxylic acids is 1. The van der Waals surface area contributed by atoms with Crippen LogP contribution >= 0.6 is 15.9 Å². The Hall–Kier alpha value is -3.46. The quantitative estimate of drug-likeness (QED) is 0.406. The molecule has 3 aromatic rings. The molecular weight excluding hydrogens is 442 g/mol. The molecule has 0 saturated carbocycles. The SMILES string of the molecule is O=C(O)CCc1ccc(-c2ccc(Br)cc2)n1NC(=O)c1cccc([N+](=O)[O-])c1. The third-order valence-electron chi connectivity index (χ3n) is 4.23. The van der Waals surface area contributed by atoms with Crippen molar-refractivity contribution in [3.8, 4) is 11.3 Å². The first kappa shape index (κ1) is 20.3. The number of rotatable bonds is 7. The van der Waals surface area contributed by atoms with E-state index in [4.69, 9.17) is 5.11 Å². The molecule has 29 heavy (non-hydrogen) atoms. The summed E-state index contributed by atoms with van der Waals surface area (Å²) in [7, 11) is 0. The number of amides is 1. The van der Waals surface area contributed by atoms with Crippen LogP contribution in [0.1, 0.15) is 22.5 Å². The lowest BCUT2D eigenvalue weighted by Crippen LogP contribution is -2.25. The maximum Gasteiger partial charge on any atom is 0.303 e. The number of carboxylic acid groups (broad SMARTS) is 1. The van der Waals surface area contributed by atoms with Crippen molar-refractivity contribution >= 4 is 33.5 Å². The van der Waals surface area contributed by atoms with E-state index >= 15 is 0 Å². The molecule has 148 valence electrons. The average Bonchev–Trinajstić information content (AvgIpc) is 3.09. The zero-order chi connectivity index (χ0) is 21.0. The molecule has 2 aromatic carbocycles. The van der Waals surface area contributed by atoms with Crippen molar-refractivity contribution < 1.29 is 19.6 Å². The highest BCUT2D eigenvalue weighted by atomic mass is 79.9. The molecule has 0 saturated heterocycles. The number of aliphatic carboxylic acids is 1. The number of carbonyl (C=O) groups is 2. The summed E-state index contributed by atoms with van der Waals surface area (Å²) in [5.41, 5.74) is 4.74. The molecular formula is C20H16BrN3O5. The maximum absolute atomic E-state index is 12.7. The molecule has 0 bridgehead atoms. The number of carboxylic acids is 1. The third kappa shape index (κ3) is 4.88. The van der Waals surface area contributed by atoms with Gasteiger partial charge in [-0.3, -0.25) is 29.8 Å². The first-order valence-corrected chi connectivity index (χ1v) is 9.38. The lowest BCUT2D eigenvalue weighted by molar-refractivity contribution is -0.384. The van der Waals surface area contributed by atoms with E-state index < -0.39 is 16.8 Å². The Kier molecular flexibility index (Phi) is 6.08. The van der Waals surface area contributed by atoms with Gasteiger partial charge >= 0.3 is 5.97 Å². The van der Waals surface area contributed by atoms with E-state index in [1.807, 2.05) is 24.3 Å². The summed E-state index contributed by atoms with van der Waals surface area (Å²) in [5.74, 6) is -1.49. The van der Waals surface area contributed by atoms with E-state index in [2.05, 4.69) is 21.4 Å². The number of hydrogen-bond donors (Lipinski definition) is 2. The van der Waals surface area contributed by atoms with Crippen molar-refractivity contribution in [1.82, 2.24) is 4.68 Å². The second-order valence-corrected chi connectivity index (χ2v) is 7.11. The molecule has 1 aromatic heterocycles. The fourth-order valence-electron chi connectivity index (χ4n) is 2.81. The second kappa shape index (κ2) is 8.70. The van der Waals surface area contributed by atoms with Crippen molar-refractivity contribution in [3.63, 3.8) is 0 Å². The van der Waals surface area contributed by atoms with E-state index in [1.165, 1.54) is 28.9 Å². The first-order valence-electron chi connectivity index (χ1n) is 8.59. The van der Waals surface area contributed by atoms with Gasteiger partial charge in [0.2, 0.25) is 0 Å². The van der Waals surface area contributed by atoms with Gasteiger partial charge in [-0.1, -0.05) is 34.1 Å². The number of halogens is 1. The van der Waals surface area contributed by atoms with Crippen LogP contribution in [0.15, 0.2) is 65.1 Å². The monoisotopic (exact) mass is 457 g/mol. The zero-order valence-corrected chi connectivity index (χ0v) is 16.6. The minimum Gasteiger partial charge on any atom is -0.481 e. The van der Waals surface area contributed by atoms with Gasteiger partial charge in [-0.05, 0) is 30.3 Å². The molecule has 0 atom stereocenters. The molecule has 8 nitrogen and oxygen atoms in total. The zero-order valence-electron chi connectivity index (χ0n) is 15.0. The highest BCUT2D eigenvalue weighted by molar-refractivity contribution is 9.10. The second-order valence-electron chi connectivity index (χ2n) is 6.19. The highest BCUT2D eigenvalue weighted by Crippen LogP contribution is 2.25. The number of hydrogen-bond acceptors (Lipinski definition) is 4. The van der Waals surface area contributed by atoms with Gasteiger partial charge in [0, 0.05) is 39.8 Å². The van der Waals surface area contributed by atoms with E-state index in [0.29, 0.717) is 11.4 Å². The van der Waals surface area contributed by atoms with Crippen molar-refractivity contribution in [3.05, 3.63) is 86.5 Å². The molecule has 0 spiro atoms. The normalized spacial score (nSPS) is 10.5. The standard InChI is InChI=1S/C20H16BrN3O5/c21-15-6-4-13(5-7-15)18-10-8-16(9-11-19(25)26)23(18)22-20(27)14-2-1-3-17(12-14)24(28)29/h1-8,10,12H,9,11H2,(H,22,27)(H,25,26). The van der Waals surface area contributed by atoms with Crippen LogP contribution in [0.25, 0.3) is 11.3 Å². The van der Waals surface area contributed by atoms with Crippen LogP contribution in [0.5, 0.6) is 0 Å². The van der Waals surface area contributed by atoms with Crippen LogP contribution < -0.4 is 5.43 Å². The van der Waals surface area contributed by atoms with E-state index in [9.17, 15) is 19.7 Å². The first-order chi connectivity index (χ1) is 13.8.